The summed E-state index contributed by atoms with van der Waals surface area (Å²) in [6.07, 6.45) is 5.33. The second-order valence-electron chi connectivity index (χ2n) is 5.64. The number of rotatable bonds is 6. The standard InChI is InChI=1S/C21H17ClN2OS/c1-2-13-26-15-18-20(22)23-19(17-11-7-4-8-12-17)21(25)24(18)14-16-9-5-3-6-10-16/h1,3-12H,13-15H2. The highest BCUT2D eigenvalue weighted by atomic mass is 35.5. The zero-order valence-electron chi connectivity index (χ0n) is 14.1. The van der Waals surface area contributed by atoms with Gasteiger partial charge in [0.05, 0.1) is 18.0 Å². The Balaban J connectivity index is 2.11. The average molecular weight is 381 g/mol. The van der Waals surface area contributed by atoms with Crippen molar-refractivity contribution in [3.8, 4) is 23.6 Å². The summed E-state index contributed by atoms with van der Waals surface area (Å²) >= 11 is 8.00. The number of hydrogen-bond donors (Lipinski definition) is 0. The molecule has 130 valence electrons. The van der Waals surface area contributed by atoms with Gasteiger partial charge in [0.2, 0.25) is 0 Å². The van der Waals surface area contributed by atoms with Crippen molar-refractivity contribution >= 4 is 23.4 Å². The molecule has 3 aromatic rings. The topological polar surface area (TPSA) is 34.9 Å². The van der Waals surface area contributed by atoms with Crippen LogP contribution in [-0.2, 0) is 12.3 Å². The van der Waals surface area contributed by atoms with E-state index in [9.17, 15) is 4.79 Å². The Morgan fingerprint density at radius 3 is 2.38 bits per heavy atom. The van der Waals surface area contributed by atoms with Crippen LogP contribution < -0.4 is 5.56 Å². The van der Waals surface area contributed by atoms with Crippen LogP contribution >= 0.6 is 23.4 Å². The van der Waals surface area contributed by atoms with Crippen molar-refractivity contribution in [1.82, 2.24) is 9.55 Å². The molecule has 0 aliphatic heterocycles. The molecule has 1 heterocycles. The fourth-order valence-corrected chi connectivity index (χ4v) is 3.67. The molecule has 3 nitrogen and oxygen atoms in total. The van der Waals surface area contributed by atoms with Crippen molar-refractivity contribution in [2.24, 2.45) is 0 Å². The molecule has 0 saturated heterocycles. The van der Waals surface area contributed by atoms with Gasteiger partial charge in [0.1, 0.15) is 10.8 Å². The molecule has 5 heteroatoms. The minimum Gasteiger partial charge on any atom is -0.302 e. The highest BCUT2D eigenvalue weighted by Crippen LogP contribution is 2.23. The minimum atomic E-state index is -0.152. The molecule has 3 rings (SSSR count). The van der Waals surface area contributed by atoms with Crippen LogP contribution in [0.5, 0.6) is 0 Å². The van der Waals surface area contributed by atoms with E-state index in [1.165, 1.54) is 11.8 Å². The second-order valence-corrected chi connectivity index (χ2v) is 6.98. The van der Waals surface area contributed by atoms with E-state index >= 15 is 0 Å². The van der Waals surface area contributed by atoms with Gasteiger partial charge in [0.25, 0.3) is 5.56 Å². The van der Waals surface area contributed by atoms with Gasteiger partial charge in [-0.25, -0.2) is 4.98 Å². The molecule has 0 fully saturated rings. The first-order chi connectivity index (χ1) is 12.7. The number of halogens is 1. The number of terminal acetylenes is 1. The zero-order valence-corrected chi connectivity index (χ0v) is 15.6. The molecule has 0 atom stereocenters. The molecule has 26 heavy (non-hydrogen) atoms. The number of aromatic nitrogens is 2. The first kappa shape index (κ1) is 18.3. The normalized spacial score (nSPS) is 10.5. The van der Waals surface area contributed by atoms with Crippen LogP contribution in [0.1, 0.15) is 11.3 Å². The molecular formula is C21H17ClN2OS. The first-order valence-electron chi connectivity index (χ1n) is 8.10. The lowest BCUT2D eigenvalue weighted by atomic mass is 10.1. The van der Waals surface area contributed by atoms with Crippen LogP contribution in [0.3, 0.4) is 0 Å². The molecule has 0 aliphatic carbocycles. The summed E-state index contributed by atoms with van der Waals surface area (Å²) in [6, 6.07) is 19.2. The summed E-state index contributed by atoms with van der Waals surface area (Å²) in [4.78, 5) is 17.6. The molecule has 0 unspecified atom stereocenters. The van der Waals surface area contributed by atoms with E-state index in [2.05, 4.69) is 10.9 Å². The van der Waals surface area contributed by atoms with Crippen LogP contribution in [0.15, 0.2) is 65.5 Å². The van der Waals surface area contributed by atoms with E-state index in [0.29, 0.717) is 34.6 Å². The Morgan fingerprint density at radius 1 is 1.08 bits per heavy atom. The maximum absolute atomic E-state index is 13.2. The van der Waals surface area contributed by atoms with Crippen LogP contribution in [0.4, 0.5) is 0 Å². The van der Waals surface area contributed by atoms with Crippen LogP contribution in [0.25, 0.3) is 11.3 Å². The molecule has 0 spiro atoms. The third-order valence-electron chi connectivity index (χ3n) is 3.88. The van der Waals surface area contributed by atoms with Gasteiger partial charge in [-0.15, -0.1) is 18.2 Å². The smallest absolute Gasteiger partial charge is 0.277 e. The van der Waals surface area contributed by atoms with E-state index in [4.69, 9.17) is 18.0 Å². The summed E-state index contributed by atoms with van der Waals surface area (Å²) in [5.41, 5.74) is 2.68. The molecule has 1 aromatic heterocycles. The molecular weight excluding hydrogens is 364 g/mol. The van der Waals surface area contributed by atoms with Gasteiger partial charge in [-0.3, -0.25) is 4.79 Å². The summed E-state index contributed by atoms with van der Waals surface area (Å²) in [5, 5.41) is 0.337. The predicted octanol–water partition coefficient (Wildman–Crippen LogP) is 4.48. The summed E-state index contributed by atoms with van der Waals surface area (Å²) in [6.45, 7) is 0.438. The number of nitrogens with zero attached hydrogens (tertiary/aromatic N) is 2. The number of thioether (sulfide) groups is 1. The fourth-order valence-electron chi connectivity index (χ4n) is 2.63. The van der Waals surface area contributed by atoms with Gasteiger partial charge in [-0.1, -0.05) is 78.2 Å². The highest BCUT2D eigenvalue weighted by molar-refractivity contribution is 7.98. The molecule has 2 aromatic carbocycles. The van der Waals surface area contributed by atoms with Gasteiger partial charge < -0.3 is 4.57 Å². The first-order valence-corrected chi connectivity index (χ1v) is 9.63. The monoisotopic (exact) mass is 380 g/mol. The van der Waals surface area contributed by atoms with Crippen LogP contribution in [0, 0.1) is 12.3 Å². The molecule has 0 N–H and O–H groups in total. The summed E-state index contributed by atoms with van der Waals surface area (Å²) < 4.78 is 1.70. The molecule has 0 aliphatic rings. The third-order valence-corrected chi connectivity index (χ3v) is 5.03. The van der Waals surface area contributed by atoms with Crippen LogP contribution in [0.2, 0.25) is 5.15 Å². The van der Waals surface area contributed by atoms with E-state index in [0.717, 1.165) is 11.1 Å². The van der Waals surface area contributed by atoms with E-state index in [1.54, 1.807) is 4.57 Å². The SMILES string of the molecule is C#CCSCc1c(Cl)nc(-c2ccccc2)c(=O)n1Cc1ccccc1. The Hall–Kier alpha value is -2.48. The molecule has 0 saturated carbocycles. The van der Waals surface area contributed by atoms with E-state index in [-0.39, 0.29) is 5.56 Å². The van der Waals surface area contributed by atoms with Gasteiger partial charge in [-0.2, -0.15) is 0 Å². The van der Waals surface area contributed by atoms with Gasteiger partial charge in [-0.05, 0) is 5.56 Å². The average Bonchev–Trinajstić information content (AvgIpc) is 2.68. The quantitative estimate of drug-likeness (QED) is 0.467. The minimum absolute atomic E-state index is 0.152. The Bertz CT molecular complexity index is 979. The third kappa shape index (κ3) is 4.19. The Morgan fingerprint density at radius 2 is 1.73 bits per heavy atom. The van der Waals surface area contributed by atoms with Crippen molar-refractivity contribution in [3.05, 3.63) is 87.4 Å². The van der Waals surface area contributed by atoms with Crippen molar-refractivity contribution in [2.75, 3.05) is 5.75 Å². The predicted molar refractivity (Wildman–Crippen MR) is 109 cm³/mol. The Labute approximate surface area is 162 Å². The summed E-state index contributed by atoms with van der Waals surface area (Å²) in [7, 11) is 0. The van der Waals surface area contributed by atoms with E-state index in [1.807, 2.05) is 60.7 Å². The van der Waals surface area contributed by atoms with Crippen LogP contribution in [-0.4, -0.2) is 15.3 Å². The second kappa shape index (κ2) is 8.75. The van der Waals surface area contributed by atoms with Crippen molar-refractivity contribution in [2.45, 2.75) is 12.3 Å². The van der Waals surface area contributed by atoms with Crippen molar-refractivity contribution < 1.29 is 0 Å². The lowest BCUT2D eigenvalue weighted by Gasteiger charge is -2.16. The molecule has 0 bridgehead atoms. The van der Waals surface area contributed by atoms with Crippen molar-refractivity contribution in [3.63, 3.8) is 0 Å². The van der Waals surface area contributed by atoms with Gasteiger partial charge >= 0.3 is 0 Å². The van der Waals surface area contributed by atoms with E-state index < -0.39 is 0 Å². The molecule has 0 amide bonds. The Kier molecular flexibility index (Phi) is 6.17. The largest absolute Gasteiger partial charge is 0.302 e. The van der Waals surface area contributed by atoms with Gasteiger partial charge in [0.15, 0.2) is 0 Å². The molecule has 0 radical (unpaired) electrons. The lowest BCUT2D eigenvalue weighted by Crippen LogP contribution is -2.27. The number of hydrogen-bond acceptors (Lipinski definition) is 3. The zero-order chi connectivity index (χ0) is 18.4. The van der Waals surface area contributed by atoms with Crippen molar-refractivity contribution in [1.29, 1.82) is 0 Å². The highest BCUT2D eigenvalue weighted by Gasteiger charge is 2.17. The maximum Gasteiger partial charge on any atom is 0.277 e. The maximum atomic E-state index is 13.2. The lowest BCUT2D eigenvalue weighted by molar-refractivity contribution is 0.717. The number of benzene rings is 2. The van der Waals surface area contributed by atoms with Gasteiger partial charge in [0, 0.05) is 11.3 Å². The summed E-state index contributed by atoms with van der Waals surface area (Å²) in [5.74, 6) is 3.68. The fraction of sp³-hybridized carbons (Fsp3) is 0.143.